The third-order valence-corrected chi connectivity index (χ3v) is 1.99. The highest BCUT2D eigenvalue weighted by Gasteiger charge is 2.23. The topological polar surface area (TPSA) is 40.7 Å². The number of nitrogens with one attached hydrogen (secondary N) is 2. The van der Waals surface area contributed by atoms with Gasteiger partial charge >= 0.3 is 0 Å². The molecule has 1 atom stereocenters. The Kier molecular flexibility index (Phi) is 1.66. The molecule has 1 unspecified atom stereocenters. The van der Waals surface area contributed by atoms with Crippen molar-refractivity contribution in [2.24, 2.45) is 0 Å². The van der Waals surface area contributed by atoms with Crippen molar-refractivity contribution in [3.05, 3.63) is 18.2 Å². The molecule has 1 aliphatic carbocycles. The van der Waals surface area contributed by atoms with Crippen LogP contribution in [0.1, 0.15) is 31.6 Å². The second-order valence-electron chi connectivity index (χ2n) is 3.14. The molecule has 2 N–H and O–H groups in total. The predicted molar refractivity (Wildman–Crippen MR) is 43.2 cm³/mol. The lowest BCUT2D eigenvalue weighted by molar-refractivity contribution is 0.548. The maximum Gasteiger partial charge on any atom is 0.122 e. The van der Waals surface area contributed by atoms with Gasteiger partial charge in [0.05, 0.1) is 6.04 Å². The van der Waals surface area contributed by atoms with E-state index in [9.17, 15) is 0 Å². The number of aromatic amines is 1. The van der Waals surface area contributed by atoms with Gasteiger partial charge in [0.25, 0.3) is 0 Å². The Bertz CT molecular complexity index is 213. The van der Waals surface area contributed by atoms with Gasteiger partial charge in [0.1, 0.15) is 5.82 Å². The lowest BCUT2D eigenvalue weighted by Crippen LogP contribution is -2.21. The Morgan fingerprint density at radius 2 is 2.55 bits per heavy atom. The number of imidazole rings is 1. The second kappa shape index (κ2) is 2.66. The van der Waals surface area contributed by atoms with Gasteiger partial charge < -0.3 is 10.3 Å². The molecule has 1 saturated carbocycles. The summed E-state index contributed by atoms with van der Waals surface area (Å²) in [5, 5.41) is 3.46. The summed E-state index contributed by atoms with van der Waals surface area (Å²) in [6.07, 6.45) is 6.30. The van der Waals surface area contributed by atoms with Gasteiger partial charge in [-0.05, 0) is 19.8 Å². The molecule has 60 valence electrons. The minimum Gasteiger partial charge on any atom is -0.347 e. The molecule has 1 aliphatic rings. The van der Waals surface area contributed by atoms with Gasteiger partial charge in [-0.15, -0.1) is 0 Å². The third kappa shape index (κ3) is 1.60. The molecule has 1 heterocycles. The van der Waals surface area contributed by atoms with E-state index in [0.717, 1.165) is 11.9 Å². The van der Waals surface area contributed by atoms with Crippen molar-refractivity contribution >= 4 is 0 Å². The maximum absolute atomic E-state index is 4.18. The zero-order valence-corrected chi connectivity index (χ0v) is 6.67. The van der Waals surface area contributed by atoms with Crippen molar-refractivity contribution in [2.45, 2.75) is 31.8 Å². The van der Waals surface area contributed by atoms with E-state index in [0.29, 0.717) is 6.04 Å². The summed E-state index contributed by atoms with van der Waals surface area (Å²) in [6.45, 7) is 2.14. The monoisotopic (exact) mass is 151 g/mol. The molecule has 1 fully saturated rings. The summed E-state index contributed by atoms with van der Waals surface area (Å²) in [5.74, 6) is 1.04. The van der Waals surface area contributed by atoms with E-state index >= 15 is 0 Å². The van der Waals surface area contributed by atoms with Gasteiger partial charge in [0, 0.05) is 18.4 Å². The first-order valence-corrected chi connectivity index (χ1v) is 4.11. The van der Waals surface area contributed by atoms with Crippen molar-refractivity contribution in [1.29, 1.82) is 0 Å². The van der Waals surface area contributed by atoms with Gasteiger partial charge in [0.2, 0.25) is 0 Å². The predicted octanol–water partition coefficient (Wildman–Crippen LogP) is 1.22. The van der Waals surface area contributed by atoms with E-state index in [1.165, 1.54) is 12.8 Å². The average Bonchev–Trinajstić information content (AvgIpc) is 2.67. The van der Waals surface area contributed by atoms with E-state index in [-0.39, 0.29) is 0 Å². The molecule has 2 rings (SSSR count). The van der Waals surface area contributed by atoms with Gasteiger partial charge in [-0.3, -0.25) is 0 Å². The van der Waals surface area contributed by atoms with Crippen LogP contribution in [0.5, 0.6) is 0 Å². The van der Waals surface area contributed by atoms with Crippen molar-refractivity contribution in [3.63, 3.8) is 0 Å². The number of hydrogen-bond donors (Lipinski definition) is 2. The number of H-pyrrole nitrogens is 1. The van der Waals surface area contributed by atoms with Gasteiger partial charge in [-0.1, -0.05) is 0 Å². The van der Waals surface area contributed by atoms with Crippen LogP contribution in [0.3, 0.4) is 0 Å². The van der Waals surface area contributed by atoms with Crippen molar-refractivity contribution in [1.82, 2.24) is 15.3 Å². The van der Waals surface area contributed by atoms with Crippen LogP contribution < -0.4 is 5.32 Å². The average molecular weight is 151 g/mol. The minimum atomic E-state index is 0.373. The second-order valence-corrected chi connectivity index (χ2v) is 3.14. The highest BCUT2D eigenvalue weighted by Crippen LogP contribution is 2.22. The van der Waals surface area contributed by atoms with Crippen LogP contribution in [0.2, 0.25) is 0 Å². The molecule has 0 amide bonds. The molecule has 11 heavy (non-hydrogen) atoms. The highest BCUT2D eigenvalue weighted by atomic mass is 15.0. The summed E-state index contributed by atoms with van der Waals surface area (Å²) in [4.78, 5) is 7.28. The van der Waals surface area contributed by atoms with Crippen LogP contribution in [0.15, 0.2) is 12.4 Å². The number of hydrogen-bond acceptors (Lipinski definition) is 2. The van der Waals surface area contributed by atoms with Crippen molar-refractivity contribution in [2.75, 3.05) is 0 Å². The fraction of sp³-hybridized carbons (Fsp3) is 0.625. The molecule has 3 nitrogen and oxygen atoms in total. The highest BCUT2D eigenvalue weighted by molar-refractivity contribution is 4.96. The zero-order chi connectivity index (χ0) is 7.68. The first-order chi connectivity index (χ1) is 5.36. The number of rotatable bonds is 3. The molecule has 0 saturated heterocycles. The van der Waals surface area contributed by atoms with Crippen molar-refractivity contribution in [3.8, 4) is 0 Å². The third-order valence-electron chi connectivity index (χ3n) is 1.99. The van der Waals surface area contributed by atoms with Crippen LogP contribution in [0.25, 0.3) is 0 Å². The smallest absolute Gasteiger partial charge is 0.122 e. The summed E-state index contributed by atoms with van der Waals surface area (Å²) >= 11 is 0. The molecule has 1 aromatic heterocycles. The molecule has 1 aromatic rings. The molecule has 0 spiro atoms. The molecule has 3 heteroatoms. The largest absolute Gasteiger partial charge is 0.347 e. The summed E-state index contributed by atoms with van der Waals surface area (Å²) in [5.41, 5.74) is 0. The number of nitrogens with zero attached hydrogens (tertiary/aromatic N) is 1. The quantitative estimate of drug-likeness (QED) is 0.682. The Labute approximate surface area is 66.2 Å². The molecule has 0 bridgehead atoms. The SMILES string of the molecule is CC(NC1CC1)c1ncc[nH]1. The van der Waals surface area contributed by atoms with Crippen LogP contribution >= 0.6 is 0 Å². The Morgan fingerprint density at radius 1 is 1.73 bits per heavy atom. The molecule has 0 aromatic carbocycles. The van der Waals surface area contributed by atoms with Gasteiger partial charge in [0.15, 0.2) is 0 Å². The fourth-order valence-corrected chi connectivity index (χ4v) is 1.20. The number of aromatic nitrogens is 2. The van der Waals surface area contributed by atoms with Crippen molar-refractivity contribution < 1.29 is 0 Å². The lowest BCUT2D eigenvalue weighted by Gasteiger charge is -2.08. The maximum atomic E-state index is 4.18. The van der Waals surface area contributed by atoms with Crippen LogP contribution in [-0.2, 0) is 0 Å². The van der Waals surface area contributed by atoms with Gasteiger partial charge in [-0.2, -0.15) is 0 Å². The van der Waals surface area contributed by atoms with E-state index < -0.39 is 0 Å². The minimum absolute atomic E-state index is 0.373. The Morgan fingerprint density at radius 3 is 3.09 bits per heavy atom. The van der Waals surface area contributed by atoms with E-state index in [1.807, 2.05) is 6.20 Å². The molecule has 0 radical (unpaired) electrons. The fourth-order valence-electron chi connectivity index (χ4n) is 1.20. The first-order valence-electron chi connectivity index (χ1n) is 4.11. The van der Waals surface area contributed by atoms with Gasteiger partial charge in [-0.25, -0.2) is 4.98 Å². The summed E-state index contributed by atoms with van der Waals surface area (Å²) < 4.78 is 0. The first kappa shape index (κ1) is 6.85. The molecular weight excluding hydrogens is 138 g/mol. The van der Waals surface area contributed by atoms with E-state index in [4.69, 9.17) is 0 Å². The summed E-state index contributed by atoms with van der Waals surface area (Å²) in [6, 6.07) is 1.12. The zero-order valence-electron chi connectivity index (χ0n) is 6.67. The summed E-state index contributed by atoms with van der Waals surface area (Å²) in [7, 11) is 0. The van der Waals surface area contributed by atoms with Crippen LogP contribution in [0, 0.1) is 0 Å². The van der Waals surface area contributed by atoms with Crippen LogP contribution in [-0.4, -0.2) is 16.0 Å². The molecule has 0 aliphatic heterocycles. The molecular formula is C8H13N3. The van der Waals surface area contributed by atoms with E-state index in [2.05, 4.69) is 22.2 Å². The standard InChI is InChI=1S/C8H13N3/c1-6(11-7-2-3-7)8-9-4-5-10-8/h4-7,11H,2-3H2,1H3,(H,9,10). The lowest BCUT2D eigenvalue weighted by atomic mass is 10.3. The van der Waals surface area contributed by atoms with E-state index in [1.54, 1.807) is 6.20 Å². The Hall–Kier alpha value is -0.830. The van der Waals surface area contributed by atoms with Crippen LogP contribution in [0.4, 0.5) is 0 Å². The Balaban J connectivity index is 1.93. The normalized spacial score (nSPS) is 20.1.